The Bertz CT molecular complexity index is 615. The summed E-state index contributed by atoms with van der Waals surface area (Å²) in [5.41, 5.74) is 1.11. The highest BCUT2D eigenvalue weighted by Crippen LogP contribution is 2.33. The summed E-state index contributed by atoms with van der Waals surface area (Å²) < 4.78 is 5.27. The van der Waals surface area contributed by atoms with E-state index in [1.165, 1.54) is 11.3 Å². The van der Waals surface area contributed by atoms with Crippen molar-refractivity contribution in [3.05, 3.63) is 41.4 Å². The number of hydrogen-bond donors (Lipinski definition) is 1. The number of urea groups is 1. The summed E-state index contributed by atoms with van der Waals surface area (Å²) in [4.78, 5) is 18.4. The number of carbonyl (C=O) groups is 1. The summed E-state index contributed by atoms with van der Waals surface area (Å²) in [7, 11) is 1.65. The molecule has 5 nitrogen and oxygen atoms in total. The SMILES string of the molecule is COc1cccc(C2CCCN2C(=O)Nc2nccs2)c1. The van der Waals surface area contributed by atoms with Gasteiger partial charge in [-0.15, -0.1) is 11.3 Å². The molecule has 1 saturated heterocycles. The average molecular weight is 303 g/mol. The molecule has 0 radical (unpaired) electrons. The number of benzene rings is 1. The quantitative estimate of drug-likeness (QED) is 0.944. The average Bonchev–Trinajstić information content (AvgIpc) is 3.18. The Kier molecular flexibility index (Phi) is 4.06. The minimum absolute atomic E-state index is 0.0877. The van der Waals surface area contributed by atoms with Crippen LogP contribution >= 0.6 is 11.3 Å². The molecule has 2 amide bonds. The van der Waals surface area contributed by atoms with Crippen molar-refractivity contribution in [1.29, 1.82) is 0 Å². The Labute approximate surface area is 127 Å². The number of thiazole rings is 1. The van der Waals surface area contributed by atoms with Gasteiger partial charge in [0.25, 0.3) is 0 Å². The third-order valence-electron chi connectivity index (χ3n) is 3.64. The van der Waals surface area contributed by atoms with Crippen molar-refractivity contribution in [2.24, 2.45) is 0 Å². The molecular formula is C15H17N3O2S. The fourth-order valence-corrected chi connectivity index (χ4v) is 3.17. The van der Waals surface area contributed by atoms with E-state index in [0.29, 0.717) is 5.13 Å². The Hall–Kier alpha value is -2.08. The molecule has 0 bridgehead atoms. The zero-order valence-corrected chi connectivity index (χ0v) is 12.6. The minimum Gasteiger partial charge on any atom is -0.497 e. The third-order valence-corrected chi connectivity index (χ3v) is 4.33. The summed E-state index contributed by atoms with van der Waals surface area (Å²) in [6.07, 6.45) is 3.66. The molecule has 1 aromatic heterocycles. The highest BCUT2D eigenvalue weighted by atomic mass is 32.1. The van der Waals surface area contributed by atoms with Crippen LogP contribution in [0.5, 0.6) is 5.75 Å². The van der Waals surface area contributed by atoms with Crippen LogP contribution in [0.25, 0.3) is 0 Å². The maximum absolute atomic E-state index is 12.4. The van der Waals surface area contributed by atoms with E-state index in [4.69, 9.17) is 4.74 Å². The second kappa shape index (κ2) is 6.13. The summed E-state index contributed by atoms with van der Waals surface area (Å²) in [5.74, 6) is 0.819. The Morgan fingerprint density at radius 2 is 2.43 bits per heavy atom. The van der Waals surface area contributed by atoms with E-state index < -0.39 is 0 Å². The second-order valence-electron chi connectivity index (χ2n) is 4.90. The molecular weight excluding hydrogens is 286 g/mol. The van der Waals surface area contributed by atoms with Crippen molar-refractivity contribution < 1.29 is 9.53 Å². The number of methoxy groups -OCH3 is 1. The van der Waals surface area contributed by atoms with Crippen molar-refractivity contribution >= 4 is 22.5 Å². The molecule has 1 atom stereocenters. The lowest BCUT2D eigenvalue weighted by Crippen LogP contribution is -2.34. The number of nitrogens with zero attached hydrogens (tertiary/aromatic N) is 2. The largest absolute Gasteiger partial charge is 0.497 e. The van der Waals surface area contributed by atoms with Gasteiger partial charge in [0.15, 0.2) is 5.13 Å². The van der Waals surface area contributed by atoms with Gasteiger partial charge in [-0.1, -0.05) is 12.1 Å². The van der Waals surface area contributed by atoms with Gasteiger partial charge in [0.1, 0.15) is 5.75 Å². The van der Waals surface area contributed by atoms with Gasteiger partial charge >= 0.3 is 6.03 Å². The van der Waals surface area contributed by atoms with Gasteiger partial charge in [-0.3, -0.25) is 5.32 Å². The molecule has 1 N–H and O–H groups in total. The molecule has 2 aromatic rings. The second-order valence-corrected chi connectivity index (χ2v) is 5.79. The molecule has 1 aliphatic heterocycles. The van der Waals surface area contributed by atoms with E-state index in [1.807, 2.05) is 34.5 Å². The zero-order valence-electron chi connectivity index (χ0n) is 11.8. The van der Waals surface area contributed by atoms with Gasteiger partial charge in [0.2, 0.25) is 0 Å². The molecule has 0 saturated carbocycles. The van der Waals surface area contributed by atoms with Gasteiger partial charge in [0.05, 0.1) is 13.2 Å². The summed E-state index contributed by atoms with van der Waals surface area (Å²) in [5, 5.41) is 5.34. The van der Waals surface area contributed by atoms with Crippen LogP contribution in [0.3, 0.4) is 0 Å². The molecule has 1 unspecified atom stereocenters. The topological polar surface area (TPSA) is 54.5 Å². The first-order chi connectivity index (χ1) is 10.3. The number of amides is 2. The molecule has 2 heterocycles. The highest BCUT2D eigenvalue weighted by Gasteiger charge is 2.30. The van der Waals surface area contributed by atoms with Crippen molar-refractivity contribution in [2.75, 3.05) is 19.0 Å². The van der Waals surface area contributed by atoms with Crippen LogP contribution in [-0.4, -0.2) is 29.6 Å². The monoisotopic (exact) mass is 303 g/mol. The molecule has 110 valence electrons. The number of hydrogen-bond acceptors (Lipinski definition) is 4. The van der Waals surface area contributed by atoms with Crippen molar-refractivity contribution in [3.63, 3.8) is 0 Å². The molecule has 3 rings (SSSR count). The van der Waals surface area contributed by atoms with E-state index in [-0.39, 0.29) is 12.1 Å². The molecule has 0 spiro atoms. The molecule has 1 aliphatic rings. The Balaban J connectivity index is 1.76. The van der Waals surface area contributed by atoms with Crippen molar-refractivity contribution in [2.45, 2.75) is 18.9 Å². The first-order valence-corrected chi connectivity index (χ1v) is 7.77. The predicted molar refractivity (Wildman–Crippen MR) is 82.8 cm³/mol. The molecule has 0 aliphatic carbocycles. The maximum Gasteiger partial charge on any atom is 0.324 e. The minimum atomic E-state index is -0.0877. The lowest BCUT2D eigenvalue weighted by molar-refractivity contribution is 0.207. The normalized spacial score (nSPS) is 17.8. The molecule has 1 fully saturated rings. The molecule has 21 heavy (non-hydrogen) atoms. The van der Waals surface area contributed by atoms with Gasteiger partial charge < -0.3 is 9.64 Å². The lowest BCUT2D eigenvalue weighted by atomic mass is 10.0. The number of likely N-dealkylation sites (tertiary alicyclic amines) is 1. The number of anilines is 1. The van der Waals surface area contributed by atoms with Crippen molar-refractivity contribution in [1.82, 2.24) is 9.88 Å². The number of carbonyl (C=O) groups excluding carboxylic acids is 1. The smallest absolute Gasteiger partial charge is 0.324 e. The van der Waals surface area contributed by atoms with E-state index in [1.54, 1.807) is 13.3 Å². The number of ether oxygens (including phenoxy) is 1. The van der Waals surface area contributed by atoms with Crippen LogP contribution in [0.1, 0.15) is 24.4 Å². The summed E-state index contributed by atoms with van der Waals surface area (Å²) in [6.45, 7) is 0.763. The standard InChI is InChI=1S/C15H17N3O2S/c1-20-12-5-2-4-11(10-12)13-6-3-8-18(13)15(19)17-14-16-7-9-21-14/h2,4-5,7,9-10,13H,3,6,8H2,1H3,(H,16,17,19). The number of nitrogens with one attached hydrogen (secondary N) is 1. The van der Waals surface area contributed by atoms with Crippen LogP contribution in [0, 0.1) is 0 Å². The Morgan fingerprint density at radius 3 is 3.19 bits per heavy atom. The fourth-order valence-electron chi connectivity index (χ4n) is 2.65. The summed E-state index contributed by atoms with van der Waals surface area (Å²) in [6, 6.07) is 7.93. The first-order valence-electron chi connectivity index (χ1n) is 6.89. The lowest BCUT2D eigenvalue weighted by Gasteiger charge is -2.25. The van der Waals surface area contributed by atoms with Gasteiger partial charge in [-0.2, -0.15) is 0 Å². The van der Waals surface area contributed by atoms with Crippen LogP contribution in [0.15, 0.2) is 35.8 Å². The summed E-state index contributed by atoms with van der Waals surface area (Å²) >= 11 is 1.42. The van der Waals surface area contributed by atoms with Crippen LogP contribution in [-0.2, 0) is 0 Å². The van der Waals surface area contributed by atoms with Crippen LogP contribution < -0.4 is 10.1 Å². The van der Waals surface area contributed by atoms with Gasteiger partial charge in [0, 0.05) is 18.1 Å². The maximum atomic E-state index is 12.4. The zero-order chi connectivity index (χ0) is 14.7. The van der Waals surface area contributed by atoms with Gasteiger partial charge in [-0.05, 0) is 30.5 Å². The molecule has 6 heteroatoms. The van der Waals surface area contributed by atoms with E-state index in [2.05, 4.69) is 10.3 Å². The molecule has 1 aromatic carbocycles. The van der Waals surface area contributed by atoms with Crippen molar-refractivity contribution in [3.8, 4) is 5.75 Å². The van der Waals surface area contributed by atoms with Gasteiger partial charge in [-0.25, -0.2) is 9.78 Å². The van der Waals surface area contributed by atoms with Crippen LogP contribution in [0.2, 0.25) is 0 Å². The number of rotatable bonds is 3. The fraction of sp³-hybridized carbons (Fsp3) is 0.333. The third kappa shape index (κ3) is 3.00. The van der Waals surface area contributed by atoms with Crippen LogP contribution in [0.4, 0.5) is 9.93 Å². The van der Waals surface area contributed by atoms with E-state index in [0.717, 1.165) is 30.7 Å². The Morgan fingerprint density at radius 1 is 1.52 bits per heavy atom. The first kappa shape index (κ1) is 13.9. The van der Waals surface area contributed by atoms with E-state index >= 15 is 0 Å². The highest BCUT2D eigenvalue weighted by molar-refractivity contribution is 7.13. The van der Waals surface area contributed by atoms with E-state index in [9.17, 15) is 4.79 Å². The predicted octanol–water partition coefficient (Wildman–Crippen LogP) is 3.52. The number of aromatic nitrogens is 1.